The maximum absolute atomic E-state index is 13.2. The van der Waals surface area contributed by atoms with Crippen LogP contribution in [0.25, 0.3) is 0 Å². The molecule has 3 aromatic rings. The molecule has 0 radical (unpaired) electrons. The third kappa shape index (κ3) is 6.34. The molecule has 0 saturated heterocycles. The van der Waals surface area contributed by atoms with Crippen LogP contribution in [0, 0.1) is 0 Å². The Morgan fingerprint density at radius 1 is 1.09 bits per heavy atom. The molecule has 7 nitrogen and oxygen atoms in total. The smallest absolute Gasteiger partial charge is 0.243 e. The summed E-state index contributed by atoms with van der Waals surface area (Å²) < 4.78 is 43.6. The van der Waals surface area contributed by atoms with Crippen molar-refractivity contribution in [3.05, 3.63) is 68.6 Å². The molecule has 0 atom stereocenters. The number of aromatic nitrogens is 1. The molecule has 11 heteroatoms. The molecular weight excluding hydrogens is 495 g/mol. The monoisotopic (exact) mass is 516 g/mol. The van der Waals surface area contributed by atoms with Crippen molar-refractivity contribution in [3.63, 3.8) is 0 Å². The number of rotatable bonds is 11. The molecule has 1 aromatic heterocycles. The van der Waals surface area contributed by atoms with Gasteiger partial charge >= 0.3 is 0 Å². The van der Waals surface area contributed by atoms with Gasteiger partial charge in [-0.05, 0) is 36.4 Å². The van der Waals surface area contributed by atoms with Crippen LogP contribution in [-0.4, -0.2) is 45.1 Å². The highest BCUT2D eigenvalue weighted by atomic mass is 35.5. The Balaban J connectivity index is 1.73. The van der Waals surface area contributed by atoms with E-state index in [2.05, 4.69) is 4.98 Å². The largest absolute Gasteiger partial charge is 0.497 e. The van der Waals surface area contributed by atoms with Crippen LogP contribution in [0.4, 0.5) is 0 Å². The number of hydrogen-bond acceptors (Lipinski definition) is 7. The Morgan fingerprint density at radius 3 is 2.53 bits per heavy atom. The molecule has 3 rings (SSSR count). The van der Waals surface area contributed by atoms with Crippen LogP contribution in [0.15, 0.2) is 52.7 Å². The van der Waals surface area contributed by atoms with E-state index in [0.29, 0.717) is 32.2 Å². The second-order valence-corrected chi connectivity index (χ2v) is 10.3. The standard InChI is InChI=1S/C21H22Cl2N2O5S2/c1-28-10-9-25(32(26,27)18-6-4-17(29-2)5-7-18)12-16-14-31-21(24-16)13-30-20-11-15(22)3-8-19(20)23/h3-8,11,14H,9-10,12-13H2,1-2H3. The summed E-state index contributed by atoms with van der Waals surface area (Å²) in [6.07, 6.45) is 0. The minimum atomic E-state index is -3.75. The summed E-state index contributed by atoms with van der Waals surface area (Å²) in [5, 5.41) is 3.45. The number of nitrogens with zero attached hydrogens (tertiary/aromatic N) is 2. The number of sulfonamides is 1. The molecule has 0 aliphatic heterocycles. The van der Waals surface area contributed by atoms with E-state index in [1.165, 1.54) is 42.0 Å². The van der Waals surface area contributed by atoms with Crippen LogP contribution >= 0.6 is 34.5 Å². The summed E-state index contributed by atoms with van der Waals surface area (Å²) in [4.78, 5) is 4.68. The highest BCUT2D eigenvalue weighted by Crippen LogP contribution is 2.29. The lowest BCUT2D eigenvalue weighted by Crippen LogP contribution is -2.33. The van der Waals surface area contributed by atoms with E-state index in [-0.39, 0.29) is 31.2 Å². The van der Waals surface area contributed by atoms with Crippen molar-refractivity contribution in [1.29, 1.82) is 0 Å². The molecule has 0 bridgehead atoms. The number of halogens is 2. The highest BCUT2D eigenvalue weighted by molar-refractivity contribution is 7.89. The van der Waals surface area contributed by atoms with Crippen LogP contribution < -0.4 is 9.47 Å². The summed E-state index contributed by atoms with van der Waals surface area (Å²) in [6, 6.07) is 11.2. The van der Waals surface area contributed by atoms with Crippen molar-refractivity contribution in [2.24, 2.45) is 0 Å². The predicted octanol–water partition coefficient (Wildman–Crippen LogP) is 4.87. The van der Waals surface area contributed by atoms with Gasteiger partial charge in [-0.25, -0.2) is 13.4 Å². The molecule has 0 amide bonds. The lowest BCUT2D eigenvalue weighted by molar-refractivity contribution is 0.177. The van der Waals surface area contributed by atoms with E-state index in [1.54, 1.807) is 30.3 Å². The van der Waals surface area contributed by atoms with E-state index < -0.39 is 10.0 Å². The molecule has 0 unspecified atom stereocenters. The maximum atomic E-state index is 13.2. The lowest BCUT2D eigenvalue weighted by Gasteiger charge is -2.21. The van der Waals surface area contributed by atoms with Gasteiger partial charge in [-0.1, -0.05) is 23.2 Å². The molecule has 0 aliphatic carbocycles. The van der Waals surface area contributed by atoms with Crippen LogP contribution in [0.3, 0.4) is 0 Å². The summed E-state index contributed by atoms with van der Waals surface area (Å²) in [5.41, 5.74) is 0.610. The molecule has 172 valence electrons. The first-order valence-corrected chi connectivity index (χ1v) is 12.6. The Morgan fingerprint density at radius 2 is 1.84 bits per heavy atom. The Hall–Kier alpha value is -1.88. The third-order valence-corrected chi connectivity index (χ3v) is 7.70. The van der Waals surface area contributed by atoms with Crippen LogP contribution in [0.1, 0.15) is 10.7 Å². The van der Waals surface area contributed by atoms with Gasteiger partial charge in [-0.3, -0.25) is 0 Å². The summed E-state index contributed by atoms with van der Waals surface area (Å²) in [7, 11) is -0.703. The minimum Gasteiger partial charge on any atom is -0.497 e. The predicted molar refractivity (Wildman–Crippen MR) is 125 cm³/mol. The van der Waals surface area contributed by atoms with Gasteiger partial charge in [0.1, 0.15) is 23.1 Å². The van der Waals surface area contributed by atoms with Gasteiger partial charge in [0, 0.05) is 30.1 Å². The van der Waals surface area contributed by atoms with Crippen molar-refractivity contribution in [2.75, 3.05) is 27.4 Å². The van der Waals surface area contributed by atoms with Gasteiger partial charge < -0.3 is 14.2 Å². The fraction of sp³-hybridized carbons (Fsp3) is 0.286. The number of benzene rings is 2. The lowest BCUT2D eigenvalue weighted by atomic mass is 10.3. The molecule has 2 aromatic carbocycles. The summed E-state index contributed by atoms with van der Waals surface area (Å²) >= 11 is 13.5. The fourth-order valence-electron chi connectivity index (χ4n) is 2.77. The van der Waals surface area contributed by atoms with Crippen molar-refractivity contribution in [2.45, 2.75) is 18.0 Å². The SMILES string of the molecule is COCCN(Cc1csc(COc2cc(Cl)ccc2Cl)n1)S(=O)(=O)c1ccc(OC)cc1. The zero-order valence-corrected chi connectivity index (χ0v) is 20.6. The Kier molecular flexibility index (Phi) is 8.75. The zero-order valence-electron chi connectivity index (χ0n) is 17.5. The minimum absolute atomic E-state index is 0.103. The quantitative estimate of drug-likeness (QED) is 0.361. The molecule has 0 N–H and O–H groups in total. The summed E-state index contributed by atoms with van der Waals surface area (Å²) in [5.74, 6) is 1.04. The molecule has 1 heterocycles. The molecule has 0 spiro atoms. The van der Waals surface area contributed by atoms with E-state index >= 15 is 0 Å². The average Bonchev–Trinajstić information content (AvgIpc) is 3.24. The number of hydrogen-bond donors (Lipinski definition) is 0. The highest BCUT2D eigenvalue weighted by Gasteiger charge is 2.25. The average molecular weight is 517 g/mol. The Labute approximate surface area is 201 Å². The van der Waals surface area contributed by atoms with Gasteiger partial charge in [0.2, 0.25) is 10.0 Å². The first kappa shape index (κ1) is 24.8. The van der Waals surface area contributed by atoms with E-state index in [0.717, 1.165) is 0 Å². The number of methoxy groups -OCH3 is 2. The van der Waals surface area contributed by atoms with Crippen LogP contribution in [0.5, 0.6) is 11.5 Å². The fourth-order valence-corrected chi connectivity index (χ4v) is 5.20. The molecule has 0 saturated carbocycles. The maximum Gasteiger partial charge on any atom is 0.243 e. The first-order chi connectivity index (χ1) is 15.3. The van der Waals surface area contributed by atoms with E-state index in [1.807, 2.05) is 5.38 Å². The van der Waals surface area contributed by atoms with Crippen molar-refractivity contribution in [3.8, 4) is 11.5 Å². The second-order valence-electron chi connectivity index (χ2n) is 6.60. The zero-order chi connectivity index (χ0) is 23.1. The first-order valence-electron chi connectivity index (χ1n) is 9.47. The van der Waals surface area contributed by atoms with Gasteiger partial charge in [-0.2, -0.15) is 4.31 Å². The van der Waals surface area contributed by atoms with Gasteiger partial charge in [0.15, 0.2) is 0 Å². The normalized spacial score (nSPS) is 11.7. The van der Waals surface area contributed by atoms with Crippen molar-refractivity contribution >= 4 is 44.6 Å². The number of ether oxygens (including phenoxy) is 3. The van der Waals surface area contributed by atoms with Crippen molar-refractivity contribution < 1.29 is 22.6 Å². The molecule has 0 fully saturated rings. The van der Waals surface area contributed by atoms with Crippen molar-refractivity contribution in [1.82, 2.24) is 9.29 Å². The van der Waals surface area contributed by atoms with Crippen LogP contribution in [-0.2, 0) is 27.9 Å². The topological polar surface area (TPSA) is 78.0 Å². The van der Waals surface area contributed by atoms with Crippen LogP contribution in [0.2, 0.25) is 10.0 Å². The van der Waals surface area contributed by atoms with E-state index in [9.17, 15) is 8.42 Å². The molecule has 32 heavy (non-hydrogen) atoms. The second kappa shape index (κ2) is 11.3. The van der Waals surface area contributed by atoms with Gasteiger partial charge in [0.05, 0.1) is 35.9 Å². The Bertz CT molecular complexity index is 1140. The van der Waals surface area contributed by atoms with Gasteiger partial charge in [-0.15, -0.1) is 11.3 Å². The van der Waals surface area contributed by atoms with E-state index in [4.69, 9.17) is 37.4 Å². The van der Waals surface area contributed by atoms with Gasteiger partial charge in [0.25, 0.3) is 0 Å². The summed E-state index contributed by atoms with van der Waals surface area (Å²) in [6.45, 7) is 0.731. The molecular formula is C21H22Cl2N2O5S2. The third-order valence-electron chi connectivity index (χ3n) is 4.42. The molecule has 0 aliphatic rings. The number of thiazole rings is 1.